The molecule has 0 saturated heterocycles. The lowest BCUT2D eigenvalue weighted by Crippen LogP contribution is -2.33. The van der Waals surface area contributed by atoms with Crippen LogP contribution in [0.3, 0.4) is 0 Å². The molecule has 4 nitrogen and oxygen atoms in total. The first-order valence-corrected chi connectivity index (χ1v) is 6.48. The van der Waals surface area contributed by atoms with Gasteiger partial charge in [0, 0.05) is 16.7 Å². The molecule has 2 aromatic rings. The van der Waals surface area contributed by atoms with Gasteiger partial charge in [-0.25, -0.2) is 0 Å². The van der Waals surface area contributed by atoms with Gasteiger partial charge in [0.2, 0.25) is 0 Å². The van der Waals surface area contributed by atoms with Crippen LogP contribution in [0.2, 0.25) is 0 Å². The van der Waals surface area contributed by atoms with Crippen LogP contribution in [0.1, 0.15) is 22.8 Å². The molecule has 0 fully saturated rings. The minimum atomic E-state index is -0.103. The van der Waals surface area contributed by atoms with Crippen LogP contribution in [0.4, 0.5) is 0 Å². The van der Waals surface area contributed by atoms with Crippen LogP contribution in [0.25, 0.3) is 0 Å². The van der Waals surface area contributed by atoms with E-state index in [1.807, 2.05) is 31.2 Å². The van der Waals surface area contributed by atoms with E-state index < -0.39 is 0 Å². The zero-order valence-corrected chi connectivity index (χ0v) is 11.6. The highest BCUT2D eigenvalue weighted by Gasteiger charge is 2.10. The first-order chi connectivity index (χ1) is 8.65. The van der Waals surface area contributed by atoms with E-state index >= 15 is 0 Å². The van der Waals surface area contributed by atoms with Crippen LogP contribution in [-0.2, 0) is 6.42 Å². The summed E-state index contributed by atoms with van der Waals surface area (Å²) in [4.78, 5) is 11.8. The normalized spacial score (nSPS) is 12.1. The number of aromatic nitrogens is 2. The van der Waals surface area contributed by atoms with Gasteiger partial charge in [0.15, 0.2) is 0 Å². The van der Waals surface area contributed by atoms with Gasteiger partial charge in [-0.3, -0.25) is 9.89 Å². The van der Waals surface area contributed by atoms with Gasteiger partial charge in [-0.1, -0.05) is 28.1 Å². The zero-order chi connectivity index (χ0) is 13.0. The number of H-pyrrole nitrogens is 1. The quantitative estimate of drug-likeness (QED) is 0.912. The highest BCUT2D eigenvalue weighted by Crippen LogP contribution is 2.12. The van der Waals surface area contributed by atoms with Crippen molar-refractivity contribution in [1.82, 2.24) is 15.5 Å². The van der Waals surface area contributed by atoms with Crippen molar-refractivity contribution in [2.45, 2.75) is 19.4 Å². The Bertz CT molecular complexity index is 508. The Kier molecular flexibility index (Phi) is 4.15. The molecular weight excluding hydrogens is 294 g/mol. The van der Waals surface area contributed by atoms with Gasteiger partial charge >= 0.3 is 0 Å². The summed E-state index contributed by atoms with van der Waals surface area (Å²) in [7, 11) is 0. The standard InChI is InChI=1S/C13H14BrN3O/c1-9(6-10-2-4-12(14)5-3-10)17-13(18)11-7-15-16-8-11/h2-5,7-9H,6H2,1H3,(H,15,16)(H,17,18). The van der Waals surface area contributed by atoms with Crippen LogP contribution >= 0.6 is 15.9 Å². The van der Waals surface area contributed by atoms with E-state index in [9.17, 15) is 4.79 Å². The maximum atomic E-state index is 11.8. The number of carbonyl (C=O) groups excluding carboxylic acids is 1. The highest BCUT2D eigenvalue weighted by molar-refractivity contribution is 9.10. The van der Waals surface area contributed by atoms with E-state index in [0.29, 0.717) is 5.56 Å². The second kappa shape index (κ2) is 5.82. The topological polar surface area (TPSA) is 57.8 Å². The van der Waals surface area contributed by atoms with Gasteiger partial charge in [-0.2, -0.15) is 5.10 Å². The molecule has 2 N–H and O–H groups in total. The number of benzene rings is 1. The average molecular weight is 308 g/mol. The number of aromatic amines is 1. The lowest BCUT2D eigenvalue weighted by molar-refractivity contribution is 0.0940. The minimum absolute atomic E-state index is 0.0774. The summed E-state index contributed by atoms with van der Waals surface area (Å²) in [6.07, 6.45) is 3.90. The van der Waals surface area contributed by atoms with E-state index in [-0.39, 0.29) is 11.9 Å². The van der Waals surface area contributed by atoms with Gasteiger partial charge in [0.1, 0.15) is 0 Å². The maximum absolute atomic E-state index is 11.8. The molecule has 0 aliphatic heterocycles. The lowest BCUT2D eigenvalue weighted by Gasteiger charge is -2.13. The second-order valence-electron chi connectivity index (χ2n) is 4.19. The number of hydrogen-bond acceptors (Lipinski definition) is 2. The first-order valence-electron chi connectivity index (χ1n) is 5.69. The van der Waals surface area contributed by atoms with Crippen LogP contribution in [0.15, 0.2) is 41.1 Å². The fourth-order valence-electron chi connectivity index (χ4n) is 1.71. The van der Waals surface area contributed by atoms with Crippen molar-refractivity contribution in [3.8, 4) is 0 Å². The van der Waals surface area contributed by atoms with Crippen LogP contribution < -0.4 is 5.32 Å². The number of nitrogens with zero attached hydrogens (tertiary/aromatic N) is 1. The van der Waals surface area contributed by atoms with Gasteiger partial charge in [0.05, 0.1) is 11.8 Å². The summed E-state index contributed by atoms with van der Waals surface area (Å²) in [5, 5.41) is 9.31. The molecule has 0 aliphatic carbocycles. The Hall–Kier alpha value is -1.62. The molecule has 0 bridgehead atoms. The van der Waals surface area contributed by atoms with Crippen LogP contribution in [0.5, 0.6) is 0 Å². The molecule has 18 heavy (non-hydrogen) atoms. The molecule has 0 spiro atoms. The molecule has 1 heterocycles. The molecule has 2 rings (SSSR count). The average Bonchev–Trinajstić information content (AvgIpc) is 2.85. The van der Waals surface area contributed by atoms with Crippen molar-refractivity contribution in [2.75, 3.05) is 0 Å². The SMILES string of the molecule is CC(Cc1ccc(Br)cc1)NC(=O)c1cn[nH]c1. The van der Waals surface area contributed by atoms with Gasteiger partial charge < -0.3 is 5.32 Å². The fourth-order valence-corrected chi connectivity index (χ4v) is 1.97. The van der Waals surface area contributed by atoms with Gasteiger partial charge in [-0.15, -0.1) is 0 Å². The predicted molar refractivity (Wildman–Crippen MR) is 73.4 cm³/mol. The summed E-state index contributed by atoms with van der Waals surface area (Å²) >= 11 is 3.40. The molecule has 1 amide bonds. The van der Waals surface area contributed by atoms with Gasteiger partial charge in [0.25, 0.3) is 5.91 Å². The second-order valence-corrected chi connectivity index (χ2v) is 5.11. The number of carbonyl (C=O) groups is 1. The zero-order valence-electron chi connectivity index (χ0n) is 9.98. The summed E-state index contributed by atoms with van der Waals surface area (Å²) < 4.78 is 1.06. The maximum Gasteiger partial charge on any atom is 0.254 e. The van der Waals surface area contributed by atoms with E-state index in [2.05, 4.69) is 31.4 Å². The van der Waals surface area contributed by atoms with E-state index in [1.54, 1.807) is 6.20 Å². The van der Waals surface area contributed by atoms with E-state index in [4.69, 9.17) is 0 Å². The lowest BCUT2D eigenvalue weighted by atomic mass is 10.1. The number of nitrogens with one attached hydrogen (secondary N) is 2. The molecule has 0 radical (unpaired) electrons. The van der Waals surface area contributed by atoms with Crippen molar-refractivity contribution in [1.29, 1.82) is 0 Å². The van der Waals surface area contributed by atoms with Gasteiger partial charge in [-0.05, 0) is 31.0 Å². The Morgan fingerprint density at radius 1 is 1.44 bits per heavy atom. The van der Waals surface area contributed by atoms with E-state index in [0.717, 1.165) is 10.9 Å². The molecular formula is C13H14BrN3O. The summed E-state index contributed by atoms with van der Waals surface area (Å²) in [6.45, 7) is 1.99. The monoisotopic (exact) mass is 307 g/mol. The molecule has 5 heteroatoms. The smallest absolute Gasteiger partial charge is 0.254 e. The molecule has 94 valence electrons. The van der Waals surface area contributed by atoms with E-state index in [1.165, 1.54) is 11.8 Å². The minimum Gasteiger partial charge on any atom is -0.349 e. The van der Waals surface area contributed by atoms with Crippen molar-refractivity contribution >= 4 is 21.8 Å². The molecule has 1 unspecified atom stereocenters. The van der Waals surface area contributed by atoms with Crippen LogP contribution in [-0.4, -0.2) is 22.1 Å². The molecule has 1 aromatic carbocycles. The third-order valence-corrected chi connectivity index (χ3v) is 3.12. The molecule has 0 saturated carbocycles. The molecule has 1 aromatic heterocycles. The third kappa shape index (κ3) is 3.43. The number of amides is 1. The Labute approximate surface area is 114 Å². The number of rotatable bonds is 4. The summed E-state index contributed by atoms with van der Waals surface area (Å²) in [5.41, 5.74) is 1.75. The molecule has 1 atom stereocenters. The largest absolute Gasteiger partial charge is 0.349 e. The van der Waals surface area contributed by atoms with Crippen molar-refractivity contribution in [3.05, 3.63) is 52.3 Å². The Balaban J connectivity index is 1.90. The fraction of sp³-hybridized carbons (Fsp3) is 0.231. The predicted octanol–water partition coefficient (Wildman–Crippen LogP) is 2.53. The third-order valence-electron chi connectivity index (χ3n) is 2.59. The Morgan fingerprint density at radius 2 is 2.17 bits per heavy atom. The summed E-state index contributed by atoms with van der Waals surface area (Å²) in [6, 6.07) is 8.17. The number of hydrogen-bond donors (Lipinski definition) is 2. The highest BCUT2D eigenvalue weighted by atomic mass is 79.9. The molecule has 0 aliphatic rings. The summed E-state index contributed by atoms with van der Waals surface area (Å²) in [5.74, 6) is -0.103. The van der Waals surface area contributed by atoms with Crippen molar-refractivity contribution in [3.63, 3.8) is 0 Å². The number of halogens is 1. The van der Waals surface area contributed by atoms with Crippen molar-refractivity contribution < 1.29 is 4.79 Å². The van der Waals surface area contributed by atoms with Crippen LogP contribution in [0, 0.1) is 0 Å². The Morgan fingerprint density at radius 3 is 2.78 bits per heavy atom. The van der Waals surface area contributed by atoms with Crippen molar-refractivity contribution in [2.24, 2.45) is 0 Å². The first kappa shape index (κ1) is 12.8.